The predicted molar refractivity (Wildman–Crippen MR) is 72.2 cm³/mol. The first-order valence-electron chi connectivity index (χ1n) is 6.02. The minimum absolute atomic E-state index is 0.0141. The molecule has 0 radical (unpaired) electrons. The van der Waals surface area contributed by atoms with Gasteiger partial charge < -0.3 is 5.32 Å². The highest BCUT2D eigenvalue weighted by molar-refractivity contribution is 7.99. The van der Waals surface area contributed by atoms with E-state index in [4.69, 9.17) is 5.26 Å². The van der Waals surface area contributed by atoms with Crippen molar-refractivity contribution in [1.82, 2.24) is 10.3 Å². The number of aromatic nitrogens is 1. The largest absolute Gasteiger partial charge is 0.355 e. The number of unbranched alkanes of at least 4 members (excludes halogenated alkanes) is 2. The van der Waals surface area contributed by atoms with Gasteiger partial charge in [-0.3, -0.25) is 4.79 Å². The van der Waals surface area contributed by atoms with Crippen LogP contribution in [-0.4, -0.2) is 23.2 Å². The van der Waals surface area contributed by atoms with Gasteiger partial charge in [-0.15, -0.1) is 0 Å². The summed E-state index contributed by atoms with van der Waals surface area (Å²) in [5, 5.41) is 12.3. The van der Waals surface area contributed by atoms with Crippen LogP contribution in [0.3, 0.4) is 0 Å². The minimum Gasteiger partial charge on any atom is -0.355 e. The second-order valence-corrected chi connectivity index (χ2v) is 4.84. The lowest BCUT2D eigenvalue weighted by atomic mass is 10.2. The number of carbonyl (C=O) groups excluding carboxylic acids is 1. The summed E-state index contributed by atoms with van der Waals surface area (Å²) in [5.74, 6) is 0.355. The fourth-order valence-corrected chi connectivity index (χ4v) is 2.08. The third kappa shape index (κ3) is 5.69. The maximum Gasteiger partial charge on any atom is 0.230 e. The molecule has 0 saturated carbocycles. The van der Waals surface area contributed by atoms with Crippen LogP contribution in [0.15, 0.2) is 23.4 Å². The van der Waals surface area contributed by atoms with Crippen LogP contribution >= 0.6 is 11.8 Å². The average molecular weight is 263 g/mol. The summed E-state index contributed by atoms with van der Waals surface area (Å²) < 4.78 is 0. The molecule has 5 heteroatoms. The van der Waals surface area contributed by atoms with E-state index in [1.165, 1.54) is 11.8 Å². The summed E-state index contributed by atoms with van der Waals surface area (Å²) in [7, 11) is 0. The molecular formula is C13H17N3OS. The molecule has 0 fully saturated rings. The molecule has 1 amide bonds. The highest BCUT2D eigenvalue weighted by atomic mass is 32.2. The molecule has 4 nitrogen and oxygen atoms in total. The molecule has 0 aromatic carbocycles. The summed E-state index contributed by atoms with van der Waals surface area (Å²) in [4.78, 5) is 15.6. The number of rotatable bonds is 7. The molecule has 0 bridgehead atoms. The third-order valence-electron chi connectivity index (χ3n) is 2.32. The molecule has 1 heterocycles. The Hall–Kier alpha value is -1.54. The quantitative estimate of drug-likeness (QED) is 0.606. The Balaban J connectivity index is 2.27. The first-order chi connectivity index (χ1) is 8.76. The van der Waals surface area contributed by atoms with Crippen LogP contribution in [0.2, 0.25) is 0 Å². The van der Waals surface area contributed by atoms with E-state index in [0.29, 0.717) is 16.3 Å². The lowest BCUT2D eigenvalue weighted by Gasteiger charge is -2.04. The lowest BCUT2D eigenvalue weighted by Crippen LogP contribution is -2.26. The van der Waals surface area contributed by atoms with Crippen LogP contribution in [0.1, 0.15) is 31.7 Å². The Morgan fingerprint density at radius 1 is 1.56 bits per heavy atom. The SMILES string of the molecule is CCCCCNC(=O)CSc1cc(C#N)ccn1. The van der Waals surface area contributed by atoms with Gasteiger partial charge in [-0.05, 0) is 18.6 Å². The average Bonchev–Trinajstić information content (AvgIpc) is 2.41. The van der Waals surface area contributed by atoms with Gasteiger partial charge in [0.25, 0.3) is 0 Å². The number of thioether (sulfide) groups is 1. The predicted octanol–water partition coefficient (Wildman–Crippen LogP) is 2.35. The number of hydrogen-bond acceptors (Lipinski definition) is 4. The molecule has 1 N–H and O–H groups in total. The van der Waals surface area contributed by atoms with Crippen LogP contribution in [-0.2, 0) is 4.79 Å². The summed E-state index contributed by atoms with van der Waals surface area (Å²) in [6.45, 7) is 2.87. The molecule has 18 heavy (non-hydrogen) atoms. The normalized spacial score (nSPS) is 9.78. The zero-order valence-corrected chi connectivity index (χ0v) is 11.3. The number of nitriles is 1. The molecule has 1 rings (SSSR count). The number of amides is 1. The van der Waals surface area contributed by atoms with Gasteiger partial charge in [0.1, 0.15) is 0 Å². The Bertz CT molecular complexity index is 428. The zero-order chi connectivity index (χ0) is 13.2. The summed E-state index contributed by atoms with van der Waals surface area (Å²) in [5.41, 5.74) is 0.566. The highest BCUT2D eigenvalue weighted by Gasteiger charge is 2.03. The first kappa shape index (κ1) is 14.5. The maximum absolute atomic E-state index is 11.5. The molecule has 0 unspecified atom stereocenters. The molecule has 0 atom stereocenters. The van der Waals surface area contributed by atoms with Gasteiger partial charge >= 0.3 is 0 Å². The third-order valence-corrected chi connectivity index (χ3v) is 3.24. The first-order valence-corrected chi connectivity index (χ1v) is 7.00. The Morgan fingerprint density at radius 3 is 3.11 bits per heavy atom. The monoisotopic (exact) mass is 263 g/mol. The second-order valence-electron chi connectivity index (χ2n) is 3.84. The Kier molecular flexibility index (Phi) is 6.89. The fraction of sp³-hybridized carbons (Fsp3) is 0.462. The summed E-state index contributed by atoms with van der Waals surface area (Å²) in [6, 6.07) is 5.39. The van der Waals surface area contributed by atoms with Crippen molar-refractivity contribution < 1.29 is 4.79 Å². The molecule has 1 aromatic heterocycles. The van der Waals surface area contributed by atoms with Crippen LogP contribution < -0.4 is 5.32 Å². The molecule has 1 aromatic rings. The van der Waals surface area contributed by atoms with E-state index in [0.717, 1.165) is 25.8 Å². The van der Waals surface area contributed by atoms with Crippen molar-refractivity contribution in [2.45, 2.75) is 31.2 Å². The highest BCUT2D eigenvalue weighted by Crippen LogP contribution is 2.15. The molecule has 0 aliphatic carbocycles. The molecule has 96 valence electrons. The van der Waals surface area contributed by atoms with E-state index >= 15 is 0 Å². The van der Waals surface area contributed by atoms with Crippen molar-refractivity contribution in [2.75, 3.05) is 12.3 Å². The van der Waals surface area contributed by atoms with Crippen LogP contribution in [0.4, 0.5) is 0 Å². The minimum atomic E-state index is 0.0141. The van der Waals surface area contributed by atoms with Crippen LogP contribution in [0.25, 0.3) is 0 Å². The smallest absolute Gasteiger partial charge is 0.230 e. The second kappa shape index (κ2) is 8.54. The van der Waals surface area contributed by atoms with Crippen molar-refractivity contribution in [1.29, 1.82) is 5.26 Å². The molecule has 0 aliphatic heterocycles. The van der Waals surface area contributed by atoms with Crippen molar-refractivity contribution in [2.24, 2.45) is 0 Å². The molecular weight excluding hydrogens is 246 g/mol. The van der Waals surface area contributed by atoms with E-state index in [9.17, 15) is 4.79 Å². The topological polar surface area (TPSA) is 65.8 Å². The standard InChI is InChI=1S/C13H17N3OS/c1-2-3-4-6-15-12(17)10-18-13-8-11(9-14)5-7-16-13/h5,7-8H,2-4,6,10H2,1H3,(H,15,17). The van der Waals surface area contributed by atoms with Gasteiger partial charge in [0, 0.05) is 12.7 Å². The number of pyridine rings is 1. The van der Waals surface area contributed by atoms with Crippen LogP contribution in [0, 0.1) is 11.3 Å². The number of hydrogen-bond donors (Lipinski definition) is 1. The van der Waals surface area contributed by atoms with E-state index in [1.807, 2.05) is 6.07 Å². The van der Waals surface area contributed by atoms with Gasteiger partial charge in [0.05, 0.1) is 22.4 Å². The van der Waals surface area contributed by atoms with E-state index in [2.05, 4.69) is 17.2 Å². The number of nitrogens with one attached hydrogen (secondary N) is 1. The van der Waals surface area contributed by atoms with Crippen molar-refractivity contribution in [3.05, 3.63) is 23.9 Å². The summed E-state index contributed by atoms with van der Waals surface area (Å²) in [6.07, 6.45) is 4.89. The Morgan fingerprint density at radius 2 is 2.39 bits per heavy atom. The van der Waals surface area contributed by atoms with Gasteiger partial charge in [0.2, 0.25) is 5.91 Å². The number of nitrogens with zero attached hydrogens (tertiary/aromatic N) is 2. The summed E-state index contributed by atoms with van der Waals surface area (Å²) >= 11 is 1.35. The van der Waals surface area contributed by atoms with Gasteiger partial charge in [-0.25, -0.2) is 4.98 Å². The number of carbonyl (C=O) groups is 1. The van der Waals surface area contributed by atoms with E-state index in [-0.39, 0.29) is 5.91 Å². The molecule has 0 spiro atoms. The van der Waals surface area contributed by atoms with Crippen molar-refractivity contribution >= 4 is 17.7 Å². The lowest BCUT2D eigenvalue weighted by molar-refractivity contribution is -0.118. The van der Waals surface area contributed by atoms with E-state index in [1.54, 1.807) is 18.3 Å². The van der Waals surface area contributed by atoms with Gasteiger partial charge in [0.15, 0.2) is 0 Å². The fourth-order valence-electron chi connectivity index (χ4n) is 1.35. The Labute approximate surface area is 112 Å². The zero-order valence-electron chi connectivity index (χ0n) is 10.5. The van der Waals surface area contributed by atoms with Crippen molar-refractivity contribution in [3.8, 4) is 6.07 Å². The maximum atomic E-state index is 11.5. The van der Waals surface area contributed by atoms with Crippen molar-refractivity contribution in [3.63, 3.8) is 0 Å². The van der Waals surface area contributed by atoms with Gasteiger partial charge in [-0.2, -0.15) is 5.26 Å². The van der Waals surface area contributed by atoms with Gasteiger partial charge in [-0.1, -0.05) is 31.5 Å². The van der Waals surface area contributed by atoms with Crippen LogP contribution in [0.5, 0.6) is 0 Å². The molecule has 0 saturated heterocycles. The molecule has 0 aliphatic rings. The van der Waals surface area contributed by atoms with E-state index < -0.39 is 0 Å².